The third kappa shape index (κ3) is 3.03. The third-order valence-corrected chi connectivity index (χ3v) is 4.76. The molecule has 3 N–H and O–H groups in total. The molecule has 2 heterocycles. The van der Waals surface area contributed by atoms with Gasteiger partial charge in [-0.1, -0.05) is 30.7 Å². The van der Waals surface area contributed by atoms with Crippen molar-refractivity contribution in [2.24, 2.45) is 5.92 Å². The SMILES string of the molecule is O=C(NCC1CCC1)c1nc(-c2cc3ccccc3cn2)[nH]c(=O)c1O. The van der Waals surface area contributed by atoms with Gasteiger partial charge in [-0.05, 0) is 30.2 Å². The minimum Gasteiger partial charge on any atom is -0.501 e. The van der Waals surface area contributed by atoms with Gasteiger partial charge in [0.05, 0.1) is 0 Å². The van der Waals surface area contributed by atoms with E-state index in [4.69, 9.17) is 0 Å². The number of amides is 1. The summed E-state index contributed by atoms with van der Waals surface area (Å²) in [6.45, 7) is 0.524. The van der Waals surface area contributed by atoms with E-state index in [0.29, 0.717) is 18.2 Å². The first-order valence-electron chi connectivity index (χ1n) is 8.58. The molecule has 0 bridgehead atoms. The number of fused-ring (bicyclic) bond motifs is 1. The van der Waals surface area contributed by atoms with E-state index in [1.165, 1.54) is 6.42 Å². The molecular weight excluding hydrogens is 332 g/mol. The first-order chi connectivity index (χ1) is 12.6. The van der Waals surface area contributed by atoms with Crippen molar-refractivity contribution >= 4 is 16.7 Å². The minimum atomic E-state index is -0.765. The molecule has 132 valence electrons. The summed E-state index contributed by atoms with van der Waals surface area (Å²) in [7, 11) is 0. The van der Waals surface area contributed by atoms with Crippen molar-refractivity contribution in [2.75, 3.05) is 6.54 Å². The van der Waals surface area contributed by atoms with Crippen LogP contribution in [0.25, 0.3) is 22.3 Å². The number of hydrogen-bond donors (Lipinski definition) is 3. The first-order valence-corrected chi connectivity index (χ1v) is 8.58. The lowest BCUT2D eigenvalue weighted by molar-refractivity contribution is 0.0930. The van der Waals surface area contributed by atoms with Crippen molar-refractivity contribution in [1.29, 1.82) is 0 Å². The first kappa shape index (κ1) is 16.3. The molecule has 7 heteroatoms. The number of aromatic nitrogens is 3. The second-order valence-electron chi connectivity index (χ2n) is 6.54. The normalized spacial score (nSPS) is 14.2. The lowest BCUT2D eigenvalue weighted by Gasteiger charge is -2.25. The molecule has 0 spiro atoms. The highest BCUT2D eigenvalue weighted by Crippen LogP contribution is 2.25. The van der Waals surface area contributed by atoms with E-state index in [-0.39, 0.29) is 11.5 Å². The van der Waals surface area contributed by atoms with Gasteiger partial charge in [-0.25, -0.2) is 4.98 Å². The zero-order chi connectivity index (χ0) is 18.1. The molecule has 26 heavy (non-hydrogen) atoms. The van der Waals surface area contributed by atoms with Crippen molar-refractivity contribution in [2.45, 2.75) is 19.3 Å². The summed E-state index contributed by atoms with van der Waals surface area (Å²) >= 11 is 0. The highest BCUT2D eigenvalue weighted by molar-refractivity contribution is 5.95. The van der Waals surface area contributed by atoms with Gasteiger partial charge in [0.25, 0.3) is 11.5 Å². The Bertz CT molecular complexity index is 1040. The number of benzene rings is 1. The maximum atomic E-state index is 12.4. The fourth-order valence-electron chi connectivity index (χ4n) is 2.98. The van der Waals surface area contributed by atoms with Crippen molar-refractivity contribution in [3.63, 3.8) is 0 Å². The summed E-state index contributed by atoms with van der Waals surface area (Å²) in [6.07, 6.45) is 5.02. The molecule has 1 fully saturated rings. The Hall–Kier alpha value is -3.22. The lowest BCUT2D eigenvalue weighted by Crippen LogP contribution is -2.33. The van der Waals surface area contributed by atoms with E-state index < -0.39 is 17.2 Å². The van der Waals surface area contributed by atoms with Crippen molar-refractivity contribution < 1.29 is 9.90 Å². The topological polar surface area (TPSA) is 108 Å². The number of H-pyrrole nitrogens is 1. The van der Waals surface area contributed by atoms with E-state index in [2.05, 4.69) is 20.3 Å². The van der Waals surface area contributed by atoms with Gasteiger partial charge >= 0.3 is 0 Å². The molecule has 1 aliphatic carbocycles. The van der Waals surface area contributed by atoms with E-state index in [1.807, 2.05) is 24.3 Å². The highest BCUT2D eigenvalue weighted by Gasteiger charge is 2.22. The Kier molecular flexibility index (Phi) is 4.12. The molecule has 1 aromatic carbocycles. The van der Waals surface area contributed by atoms with Gasteiger partial charge in [0.1, 0.15) is 5.69 Å². The zero-order valence-electron chi connectivity index (χ0n) is 14.0. The monoisotopic (exact) mass is 350 g/mol. The average Bonchev–Trinajstić information content (AvgIpc) is 2.62. The fourth-order valence-corrected chi connectivity index (χ4v) is 2.98. The molecule has 3 aromatic rings. The second kappa shape index (κ2) is 6.59. The van der Waals surface area contributed by atoms with Crippen LogP contribution in [0.5, 0.6) is 5.75 Å². The Balaban J connectivity index is 1.68. The molecule has 0 atom stereocenters. The quantitative estimate of drug-likeness (QED) is 0.669. The van der Waals surface area contributed by atoms with Crippen LogP contribution in [0.15, 0.2) is 41.3 Å². The Labute approximate surface area is 149 Å². The molecule has 1 aliphatic rings. The summed E-state index contributed by atoms with van der Waals surface area (Å²) in [5.41, 5.74) is -0.620. The molecular formula is C19H18N4O3. The third-order valence-electron chi connectivity index (χ3n) is 4.76. The number of hydrogen-bond acceptors (Lipinski definition) is 5. The second-order valence-corrected chi connectivity index (χ2v) is 6.54. The number of rotatable bonds is 4. The van der Waals surface area contributed by atoms with E-state index in [9.17, 15) is 14.7 Å². The van der Waals surface area contributed by atoms with Gasteiger partial charge in [-0.2, -0.15) is 0 Å². The van der Waals surface area contributed by atoms with Crippen LogP contribution in [-0.2, 0) is 0 Å². The Morgan fingerprint density at radius 1 is 1.27 bits per heavy atom. The van der Waals surface area contributed by atoms with Crippen LogP contribution < -0.4 is 10.9 Å². The smallest absolute Gasteiger partial charge is 0.294 e. The molecule has 0 radical (unpaired) electrons. The molecule has 1 saturated carbocycles. The number of nitrogens with one attached hydrogen (secondary N) is 2. The van der Waals surface area contributed by atoms with Gasteiger partial charge in [0.15, 0.2) is 11.5 Å². The summed E-state index contributed by atoms with van der Waals surface area (Å²) in [5.74, 6) is -0.625. The van der Waals surface area contributed by atoms with E-state index in [1.54, 1.807) is 12.3 Å². The van der Waals surface area contributed by atoms with Crippen LogP contribution in [0.1, 0.15) is 29.8 Å². The highest BCUT2D eigenvalue weighted by atomic mass is 16.3. The summed E-state index contributed by atoms with van der Waals surface area (Å²) in [4.78, 5) is 35.3. The summed E-state index contributed by atoms with van der Waals surface area (Å²) < 4.78 is 0. The standard InChI is InChI=1S/C19H18N4O3/c24-16-15(18(25)21-9-11-4-3-5-11)22-17(23-19(16)26)14-8-12-6-1-2-7-13(12)10-20-14/h1-2,6-8,10-11,24H,3-5,9H2,(H,21,25)(H,22,23,26). The minimum absolute atomic E-state index is 0.146. The number of aromatic amines is 1. The number of aromatic hydroxyl groups is 1. The van der Waals surface area contributed by atoms with Crippen LogP contribution in [0.3, 0.4) is 0 Å². The van der Waals surface area contributed by atoms with Crippen LogP contribution in [0, 0.1) is 5.92 Å². The molecule has 2 aromatic heterocycles. The molecule has 0 saturated heterocycles. The van der Waals surface area contributed by atoms with Gasteiger partial charge in [-0.3, -0.25) is 14.6 Å². The maximum Gasteiger partial charge on any atom is 0.294 e. The predicted molar refractivity (Wildman–Crippen MR) is 96.9 cm³/mol. The molecule has 0 unspecified atom stereocenters. The van der Waals surface area contributed by atoms with Gasteiger partial charge < -0.3 is 15.4 Å². The molecule has 7 nitrogen and oxygen atoms in total. The molecule has 1 amide bonds. The van der Waals surface area contributed by atoms with Gasteiger partial charge in [0, 0.05) is 18.1 Å². The van der Waals surface area contributed by atoms with Crippen molar-refractivity contribution in [3.05, 3.63) is 52.6 Å². The van der Waals surface area contributed by atoms with Crippen molar-refractivity contribution in [3.8, 4) is 17.3 Å². The van der Waals surface area contributed by atoms with Gasteiger partial charge in [-0.15, -0.1) is 0 Å². The van der Waals surface area contributed by atoms with Crippen LogP contribution >= 0.6 is 0 Å². The largest absolute Gasteiger partial charge is 0.501 e. The lowest BCUT2D eigenvalue weighted by atomic mass is 9.85. The number of nitrogens with zero attached hydrogens (tertiary/aromatic N) is 2. The summed E-state index contributed by atoms with van der Waals surface area (Å²) in [5, 5.41) is 14.6. The van der Waals surface area contributed by atoms with E-state index in [0.717, 1.165) is 23.6 Å². The zero-order valence-corrected chi connectivity index (χ0v) is 14.0. The van der Waals surface area contributed by atoms with Crippen molar-refractivity contribution in [1.82, 2.24) is 20.3 Å². The fraction of sp³-hybridized carbons (Fsp3) is 0.263. The number of carbonyl (C=O) groups is 1. The average molecular weight is 350 g/mol. The maximum absolute atomic E-state index is 12.4. The van der Waals surface area contributed by atoms with Gasteiger partial charge in [0.2, 0.25) is 5.75 Å². The number of pyridine rings is 1. The molecule has 0 aliphatic heterocycles. The van der Waals surface area contributed by atoms with Crippen LogP contribution in [-0.4, -0.2) is 32.5 Å². The van der Waals surface area contributed by atoms with Crippen LogP contribution in [0.2, 0.25) is 0 Å². The van der Waals surface area contributed by atoms with Crippen LogP contribution in [0.4, 0.5) is 0 Å². The Morgan fingerprint density at radius 2 is 2.04 bits per heavy atom. The van der Waals surface area contributed by atoms with E-state index >= 15 is 0 Å². The Morgan fingerprint density at radius 3 is 2.77 bits per heavy atom. The molecule has 4 rings (SSSR count). The number of carbonyl (C=O) groups excluding carboxylic acids is 1. The summed E-state index contributed by atoms with van der Waals surface area (Å²) in [6, 6.07) is 9.44. The predicted octanol–water partition coefficient (Wildman–Crippen LogP) is 2.22.